The van der Waals surface area contributed by atoms with Gasteiger partial charge in [0.2, 0.25) is 11.8 Å². The first kappa shape index (κ1) is 21.6. The third-order valence-corrected chi connectivity index (χ3v) is 3.92. The van der Waals surface area contributed by atoms with Gasteiger partial charge in [-0.2, -0.15) is 0 Å². The Kier molecular flexibility index (Phi) is 7.42. The van der Waals surface area contributed by atoms with Gasteiger partial charge in [0, 0.05) is 25.2 Å². The van der Waals surface area contributed by atoms with Gasteiger partial charge >= 0.3 is 11.9 Å². The Balaban J connectivity index is 2.10. The predicted octanol–water partition coefficient (Wildman–Crippen LogP) is -2.23. The van der Waals surface area contributed by atoms with Crippen LogP contribution in [0.25, 0.3) is 0 Å². The lowest BCUT2D eigenvalue weighted by Crippen LogP contribution is -2.55. The molecular weight excluding hydrogens is 386 g/mol. The van der Waals surface area contributed by atoms with E-state index in [1.807, 2.05) is 0 Å². The van der Waals surface area contributed by atoms with E-state index in [1.54, 1.807) is 0 Å². The Hall–Kier alpha value is -3.74. The number of aromatic amines is 2. The molecule has 0 saturated carbocycles. The van der Waals surface area contributed by atoms with Crippen LogP contribution in [0.4, 0.5) is 0 Å². The molecule has 0 radical (unpaired) electrons. The fourth-order valence-electron chi connectivity index (χ4n) is 2.46. The van der Waals surface area contributed by atoms with Crippen molar-refractivity contribution in [1.82, 2.24) is 30.6 Å². The Bertz CT molecular complexity index is 836. The quantitative estimate of drug-likeness (QED) is 0.214. The monoisotopic (exact) mass is 407 g/mol. The van der Waals surface area contributed by atoms with E-state index in [0.717, 1.165) is 0 Å². The van der Waals surface area contributed by atoms with E-state index in [0.29, 0.717) is 11.4 Å². The molecule has 8 N–H and O–H groups in total. The third-order valence-electron chi connectivity index (χ3n) is 3.92. The highest BCUT2D eigenvalue weighted by Crippen LogP contribution is 2.04. The molecule has 2 heterocycles. The topological polar surface area (TPSA) is 216 Å². The number of carbonyl (C=O) groups excluding carboxylic acids is 2. The molecule has 0 bridgehead atoms. The zero-order chi connectivity index (χ0) is 21.4. The molecule has 2 aromatic heterocycles. The first-order valence-corrected chi connectivity index (χ1v) is 8.52. The highest BCUT2D eigenvalue weighted by molar-refractivity contribution is 5.93. The molecule has 0 saturated heterocycles. The van der Waals surface area contributed by atoms with Crippen LogP contribution in [0.2, 0.25) is 0 Å². The van der Waals surface area contributed by atoms with Crippen molar-refractivity contribution in [3.63, 3.8) is 0 Å². The molecule has 0 spiro atoms. The van der Waals surface area contributed by atoms with Crippen LogP contribution in [0.15, 0.2) is 25.0 Å². The van der Waals surface area contributed by atoms with Crippen LogP contribution in [0.3, 0.4) is 0 Å². The van der Waals surface area contributed by atoms with Crippen molar-refractivity contribution in [2.75, 3.05) is 0 Å². The van der Waals surface area contributed by atoms with Gasteiger partial charge in [-0.3, -0.25) is 14.4 Å². The highest BCUT2D eigenvalue weighted by atomic mass is 16.4. The summed E-state index contributed by atoms with van der Waals surface area (Å²) in [5.41, 5.74) is 6.38. The highest BCUT2D eigenvalue weighted by Gasteiger charge is 2.29. The van der Waals surface area contributed by atoms with Crippen molar-refractivity contribution in [2.24, 2.45) is 5.73 Å². The van der Waals surface area contributed by atoms with Gasteiger partial charge < -0.3 is 36.5 Å². The summed E-state index contributed by atoms with van der Waals surface area (Å²) in [5.74, 6) is -4.20. The van der Waals surface area contributed by atoms with Crippen LogP contribution >= 0.6 is 0 Å². The molecule has 2 rings (SSSR count). The Labute approximate surface area is 164 Å². The molecule has 13 heteroatoms. The predicted molar refractivity (Wildman–Crippen MR) is 96.3 cm³/mol. The van der Waals surface area contributed by atoms with E-state index in [4.69, 9.17) is 10.8 Å². The maximum absolute atomic E-state index is 12.7. The van der Waals surface area contributed by atoms with E-state index in [9.17, 15) is 24.3 Å². The first-order chi connectivity index (χ1) is 13.8. The summed E-state index contributed by atoms with van der Waals surface area (Å²) in [4.78, 5) is 60.4. The number of rotatable bonds is 11. The van der Waals surface area contributed by atoms with Gasteiger partial charge in [-0.05, 0) is 0 Å². The molecule has 0 fully saturated rings. The number of nitrogens with zero attached hydrogens (tertiary/aromatic N) is 2. The molecule has 13 nitrogen and oxygen atoms in total. The lowest BCUT2D eigenvalue weighted by atomic mass is 10.1. The number of carbonyl (C=O) groups is 4. The number of aromatic nitrogens is 4. The molecule has 0 aromatic carbocycles. The summed E-state index contributed by atoms with van der Waals surface area (Å²) < 4.78 is 0. The largest absolute Gasteiger partial charge is 0.481 e. The average Bonchev–Trinajstić information content (AvgIpc) is 3.33. The van der Waals surface area contributed by atoms with Crippen molar-refractivity contribution in [3.8, 4) is 0 Å². The summed E-state index contributed by atoms with van der Waals surface area (Å²) in [6.07, 6.45) is 4.99. The molecule has 3 atom stereocenters. The Morgan fingerprint density at radius 3 is 1.90 bits per heavy atom. The molecule has 0 aliphatic heterocycles. The van der Waals surface area contributed by atoms with Gasteiger partial charge in [0.15, 0.2) is 0 Å². The van der Waals surface area contributed by atoms with Crippen LogP contribution < -0.4 is 16.4 Å². The molecular formula is C16H21N7O6. The second kappa shape index (κ2) is 9.98. The van der Waals surface area contributed by atoms with Crippen LogP contribution in [0, 0.1) is 0 Å². The van der Waals surface area contributed by atoms with Crippen LogP contribution in [-0.4, -0.2) is 72.0 Å². The minimum atomic E-state index is -1.37. The Morgan fingerprint density at radius 1 is 0.931 bits per heavy atom. The van der Waals surface area contributed by atoms with E-state index in [2.05, 4.69) is 30.6 Å². The number of nitrogens with two attached hydrogens (primary N) is 1. The number of hydrogen-bond acceptors (Lipinski definition) is 7. The second-order valence-corrected chi connectivity index (χ2v) is 6.19. The number of aliphatic carboxylic acids is 2. The summed E-state index contributed by atoms with van der Waals surface area (Å²) in [5, 5.41) is 22.9. The summed E-state index contributed by atoms with van der Waals surface area (Å²) in [6.45, 7) is 0. The first-order valence-electron chi connectivity index (χ1n) is 8.52. The van der Waals surface area contributed by atoms with E-state index in [1.165, 1.54) is 25.0 Å². The number of nitrogens with one attached hydrogen (secondary N) is 4. The van der Waals surface area contributed by atoms with E-state index >= 15 is 0 Å². The lowest BCUT2D eigenvalue weighted by Gasteiger charge is -2.22. The minimum absolute atomic E-state index is 0.0599. The van der Waals surface area contributed by atoms with Gasteiger partial charge in [-0.25, -0.2) is 14.8 Å². The molecule has 0 unspecified atom stereocenters. The average molecular weight is 407 g/mol. The number of imidazole rings is 2. The summed E-state index contributed by atoms with van der Waals surface area (Å²) in [7, 11) is 0. The number of carboxylic acids is 2. The molecule has 29 heavy (non-hydrogen) atoms. The fraction of sp³-hybridized carbons (Fsp3) is 0.375. The van der Waals surface area contributed by atoms with Gasteiger partial charge in [0.25, 0.3) is 0 Å². The van der Waals surface area contributed by atoms with Crippen LogP contribution in [-0.2, 0) is 32.0 Å². The van der Waals surface area contributed by atoms with Gasteiger partial charge in [0.1, 0.15) is 12.1 Å². The molecule has 0 aliphatic rings. The van der Waals surface area contributed by atoms with E-state index < -0.39 is 48.3 Å². The third kappa shape index (κ3) is 6.73. The lowest BCUT2D eigenvalue weighted by molar-refractivity contribution is -0.142. The smallest absolute Gasteiger partial charge is 0.326 e. The molecule has 156 valence electrons. The normalized spacial score (nSPS) is 13.8. The van der Waals surface area contributed by atoms with Crippen molar-refractivity contribution in [1.29, 1.82) is 0 Å². The van der Waals surface area contributed by atoms with Crippen LogP contribution in [0.5, 0.6) is 0 Å². The zero-order valence-corrected chi connectivity index (χ0v) is 15.2. The summed E-state index contributed by atoms with van der Waals surface area (Å²) >= 11 is 0. The van der Waals surface area contributed by atoms with Crippen LogP contribution in [0.1, 0.15) is 17.8 Å². The standard InChI is InChI=1S/C16H21N7O6/c17-10(3-13(24)25)14(26)22-11(1-8-4-18-6-20-8)15(27)23-12(16(28)29)2-9-5-19-7-21-9/h4-7,10-12H,1-3,17H2,(H,18,20)(H,19,21)(H,22,26)(H,23,27)(H,24,25)(H,28,29)/t10-,11-,12-/m0/s1. The molecule has 2 aromatic rings. The number of hydrogen-bond donors (Lipinski definition) is 7. The fourth-order valence-corrected chi connectivity index (χ4v) is 2.46. The van der Waals surface area contributed by atoms with Gasteiger partial charge in [-0.1, -0.05) is 0 Å². The van der Waals surface area contributed by atoms with E-state index in [-0.39, 0.29) is 12.8 Å². The van der Waals surface area contributed by atoms with Gasteiger partial charge in [0.05, 0.1) is 36.5 Å². The SMILES string of the molecule is N[C@@H](CC(=O)O)C(=O)N[C@@H](Cc1c[nH]cn1)C(=O)N[C@@H](Cc1c[nH]cn1)C(=O)O. The molecule has 0 aliphatic carbocycles. The number of amides is 2. The zero-order valence-electron chi connectivity index (χ0n) is 15.2. The maximum Gasteiger partial charge on any atom is 0.326 e. The Morgan fingerprint density at radius 2 is 1.45 bits per heavy atom. The summed E-state index contributed by atoms with van der Waals surface area (Å²) in [6, 6.07) is -3.88. The van der Waals surface area contributed by atoms with Crippen molar-refractivity contribution in [2.45, 2.75) is 37.4 Å². The van der Waals surface area contributed by atoms with Gasteiger partial charge in [-0.15, -0.1) is 0 Å². The van der Waals surface area contributed by atoms with Crippen molar-refractivity contribution in [3.05, 3.63) is 36.4 Å². The van der Waals surface area contributed by atoms with Crippen molar-refractivity contribution < 1.29 is 29.4 Å². The number of carboxylic acid groups (broad SMARTS) is 2. The van der Waals surface area contributed by atoms with Crippen molar-refractivity contribution >= 4 is 23.8 Å². The number of H-pyrrole nitrogens is 2. The maximum atomic E-state index is 12.7. The minimum Gasteiger partial charge on any atom is -0.481 e. The second-order valence-electron chi connectivity index (χ2n) is 6.19. The molecule has 2 amide bonds.